The van der Waals surface area contributed by atoms with E-state index < -0.39 is 10.8 Å². The van der Waals surface area contributed by atoms with Gasteiger partial charge in [-0.1, -0.05) is 0 Å². The average molecular weight is 406 g/mol. The van der Waals surface area contributed by atoms with Gasteiger partial charge in [0, 0.05) is 38.6 Å². The Kier molecular flexibility index (Phi) is 4.50. The van der Waals surface area contributed by atoms with Crippen LogP contribution in [0.1, 0.15) is 10.4 Å². The van der Waals surface area contributed by atoms with Crippen molar-refractivity contribution in [1.82, 2.24) is 14.8 Å². The summed E-state index contributed by atoms with van der Waals surface area (Å²) in [6, 6.07) is 8.31. The molecule has 0 aliphatic carbocycles. The van der Waals surface area contributed by atoms with Crippen molar-refractivity contribution >= 4 is 40.6 Å². The molecule has 0 unspecified atom stereocenters. The Hall–Kier alpha value is -4.48. The molecule has 0 radical (unpaired) electrons. The number of urea groups is 1. The van der Waals surface area contributed by atoms with Crippen LogP contribution < -0.4 is 9.80 Å². The first-order valence-corrected chi connectivity index (χ1v) is 8.64. The van der Waals surface area contributed by atoms with Gasteiger partial charge in [-0.15, -0.1) is 10.2 Å². The van der Waals surface area contributed by atoms with Gasteiger partial charge in [-0.3, -0.25) is 29.7 Å². The largest absolute Gasteiger partial charge is 0.330 e. The number of pyridine rings is 1. The molecule has 1 aromatic carbocycles. The summed E-state index contributed by atoms with van der Waals surface area (Å²) in [6.45, 7) is 0. The van der Waals surface area contributed by atoms with Crippen molar-refractivity contribution in [1.29, 1.82) is 0 Å². The molecule has 2 bridgehead atoms. The van der Waals surface area contributed by atoms with E-state index in [1.165, 1.54) is 60.6 Å². The summed E-state index contributed by atoms with van der Waals surface area (Å²) in [6.07, 6.45) is 2.94. The molecule has 0 atom stereocenters. The van der Waals surface area contributed by atoms with Gasteiger partial charge in [-0.05, 0) is 24.3 Å². The first kappa shape index (κ1) is 18.9. The number of fused-ring (bicyclic) bond motifs is 2. The quantitative estimate of drug-likeness (QED) is 0.370. The minimum absolute atomic E-state index is 0.0728. The molecule has 1 aliphatic rings. The minimum Gasteiger partial charge on any atom is -0.279 e. The van der Waals surface area contributed by atoms with Crippen LogP contribution in [0, 0.1) is 10.1 Å². The van der Waals surface area contributed by atoms with E-state index in [1.807, 2.05) is 0 Å². The number of amides is 2. The molecule has 0 N–H and O–H groups in total. The second kappa shape index (κ2) is 7.16. The number of rotatable bonds is 4. The summed E-state index contributed by atoms with van der Waals surface area (Å²) in [5.74, 6) is -0.158. The van der Waals surface area contributed by atoms with Crippen molar-refractivity contribution in [3.63, 3.8) is 0 Å². The molecular formula is C18H14N8O4. The lowest BCUT2D eigenvalue weighted by molar-refractivity contribution is -0.384. The lowest BCUT2D eigenvalue weighted by atomic mass is 10.2. The Balaban J connectivity index is 1.77. The summed E-state index contributed by atoms with van der Waals surface area (Å²) >= 11 is 0. The van der Waals surface area contributed by atoms with Gasteiger partial charge in [0.15, 0.2) is 17.3 Å². The van der Waals surface area contributed by atoms with Crippen molar-refractivity contribution in [2.75, 3.05) is 23.9 Å². The molecule has 12 heteroatoms. The lowest BCUT2D eigenvalue weighted by Gasteiger charge is -2.26. The summed E-state index contributed by atoms with van der Waals surface area (Å²) in [5, 5.41) is 23.3. The topological polar surface area (TPSA) is 139 Å². The molecular weight excluding hydrogens is 392 g/mol. The summed E-state index contributed by atoms with van der Waals surface area (Å²) in [5.41, 5.74) is 0.796. The van der Waals surface area contributed by atoms with Gasteiger partial charge in [0.25, 0.3) is 11.6 Å². The number of nitro groups is 1. The van der Waals surface area contributed by atoms with E-state index in [-0.39, 0.29) is 34.6 Å². The van der Waals surface area contributed by atoms with Crippen LogP contribution in [0.3, 0.4) is 0 Å². The highest BCUT2D eigenvalue weighted by atomic mass is 16.6. The van der Waals surface area contributed by atoms with Crippen LogP contribution in [0.25, 0.3) is 0 Å². The summed E-state index contributed by atoms with van der Waals surface area (Å²) < 4.78 is 1.08. The Bertz CT molecular complexity index is 1190. The first-order chi connectivity index (χ1) is 14.4. The molecule has 30 heavy (non-hydrogen) atoms. The van der Waals surface area contributed by atoms with Crippen molar-refractivity contribution in [2.24, 2.45) is 10.2 Å². The number of nitro benzene ring substituents is 1. The third-order valence-electron chi connectivity index (χ3n) is 4.46. The normalized spacial score (nSPS) is 13.2. The number of carbonyl (C=O) groups is 2. The minimum atomic E-state index is -0.515. The molecule has 2 aromatic heterocycles. The Morgan fingerprint density at radius 1 is 1.10 bits per heavy atom. The van der Waals surface area contributed by atoms with Crippen molar-refractivity contribution in [3.8, 4) is 0 Å². The van der Waals surface area contributed by atoms with E-state index in [4.69, 9.17) is 0 Å². The van der Waals surface area contributed by atoms with E-state index in [0.29, 0.717) is 5.69 Å². The molecule has 1 aliphatic heterocycles. The SMILES string of the molecule is CN1C(=O)N(C)c2c(N=Nc3ccc([N+](=O)[O-])cc3)c1nn2C(=O)c1cccnc1. The second-order valence-corrected chi connectivity index (χ2v) is 6.33. The van der Waals surface area contributed by atoms with Gasteiger partial charge in [0.05, 0.1) is 16.2 Å². The predicted molar refractivity (Wildman–Crippen MR) is 106 cm³/mol. The number of non-ortho nitro benzene ring substituents is 1. The molecule has 3 aromatic rings. The number of carbonyl (C=O) groups excluding carboxylic acids is 2. The third kappa shape index (κ3) is 3.05. The zero-order valence-electron chi connectivity index (χ0n) is 15.8. The number of nitrogens with zero attached hydrogens (tertiary/aromatic N) is 8. The Morgan fingerprint density at radius 3 is 2.47 bits per heavy atom. The average Bonchev–Trinajstić information content (AvgIpc) is 3.11. The van der Waals surface area contributed by atoms with E-state index in [1.54, 1.807) is 12.1 Å². The van der Waals surface area contributed by atoms with Crippen molar-refractivity contribution in [3.05, 3.63) is 64.5 Å². The fourth-order valence-electron chi connectivity index (χ4n) is 2.91. The maximum absolute atomic E-state index is 12.9. The summed E-state index contributed by atoms with van der Waals surface area (Å²) in [4.78, 5) is 42.1. The van der Waals surface area contributed by atoms with Crippen molar-refractivity contribution < 1.29 is 14.5 Å². The van der Waals surface area contributed by atoms with E-state index in [2.05, 4.69) is 20.3 Å². The maximum atomic E-state index is 12.9. The fraction of sp³-hybridized carbons (Fsp3) is 0.111. The smallest absolute Gasteiger partial charge is 0.279 e. The van der Waals surface area contributed by atoms with Gasteiger partial charge < -0.3 is 0 Å². The molecule has 150 valence electrons. The highest BCUT2D eigenvalue weighted by Crippen LogP contribution is 2.43. The molecule has 2 amide bonds. The zero-order chi connectivity index (χ0) is 21.4. The zero-order valence-corrected chi connectivity index (χ0v) is 15.8. The maximum Gasteiger partial charge on any atom is 0.330 e. The molecule has 12 nitrogen and oxygen atoms in total. The van der Waals surface area contributed by atoms with E-state index in [0.717, 1.165) is 4.68 Å². The van der Waals surface area contributed by atoms with Crippen LogP contribution in [-0.4, -0.2) is 45.7 Å². The van der Waals surface area contributed by atoms with E-state index in [9.17, 15) is 19.7 Å². The highest BCUT2D eigenvalue weighted by molar-refractivity contribution is 6.13. The molecule has 0 spiro atoms. The van der Waals surface area contributed by atoms with E-state index >= 15 is 0 Å². The standard InChI is InChI=1S/C18H14N8O4/c1-23-15-14(21-20-12-5-7-13(8-6-12)26(29)30)16(24(2)18(23)28)25(22-15)17(27)11-4-3-9-19-10-11/h3-10H,1-2H3. The number of hydrogen-bond donors (Lipinski definition) is 0. The third-order valence-corrected chi connectivity index (χ3v) is 4.46. The van der Waals surface area contributed by atoms with Gasteiger partial charge in [0.2, 0.25) is 0 Å². The molecule has 4 rings (SSSR count). The number of aromatic nitrogens is 3. The van der Waals surface area contributed by atoms with Gasteiger partial charge >= 0.3 is 6.03 Å². The van der Waals surface area contributed by atoms with Crippen LogP contribution in [0.2, 0.25) is 0 Å². The van der Waals surface area contributed by atoms with Gasteiger partial charge in [-0.2, -0.15) is 9.80 Å². The lowest BCUT2D eigenvalue weighted by Crippen LogP contribution is -2.41. The second-order valence-electron chi connectivity index (χ2n) is 6.33. The number of azo groups is 1. The van der Waals surface area contributed by atoms with Crippen LogP contribution in [0.15, 0.2) is 59.0 Å². The van der Waals surface area contributed by atoms with Crippen LogP contribution in [0.4, 0.5) is 33.5 Å². The van der Waals surface area contributed by atoms with Crippen LogP contribution in [-0.2, 0) is 0 Å². The predicted octanol–water partition coefficient (Wildman–Crippen LogP) is 3.30. The van der Waals surface area contributed by atoms with Gasteiger partial charge in [0.1, 0.15) is 0 Å². The first-order valence-electron chi connectivity index (χ1n) is 8.64. The Labute approximate surface area is 169 Å². The van der Waals surface area contributed by atoms with Gasteiger partial charge in [-0.25, -0.2) is 4.79 Å². The van der Waals surface area contributed by atoms with Crippen LogP contribution >= 0.6 is 0 Å². The van der Waals surface area contributed by atoms with Crippen LogP contribution in [0.5, 0.6) is 0 Å². The highest BCUT2D eigenvalue weighted by Gasteiger charge is 2.37. The number of benzene rings is 1. The molecule has 0 saturated heterocycles. The number of hydrogen-bond acceptors (Lipinski definition) is 8. The molecule has 0 saturated carbocycles. The Morgan fingerprint density at radius 2 is 1.83 bits per heavy atom. The monoisotopic (exact) mass is 406 g/mol. The molecule has 0 fully saturated rings. The number of anilines is 2. The fourth-order valence-corrected chi connectivity index (χ4v) is 2.91. The van der Waals surface area contributed by atoms with Crippen molar-refractivity contribution in [2.45, 2.75) is 0 Å². The molecule has 3 heterocycles. The summed E-state index contributed by atoms with van der Waals surface area (Å²) in [7, 11) is 3.00.